The number of methoxy groups -OCH3 is 1. The van der Waals surface area contributed by atoms with Crippen molar-refractivity contribution < 1.29 is 28.2 Å². The quantitative estimate of drug-likeness (QED) is 0.180. The van der Waals surface area contributed by atoms with Gasteiger partial charge in [0.05, 0.1) is 18.5 Å². The number of hydrogen-bond donors (Lipinski definition) is 5. The van der Waals surface area contributed by atoms with Gasteiger partial charge in [-0.25, -0.2) is 23.5 Å². The molecule has 0 saturated heterocycles. The van der Waals surface area contributed by atoms with Crippen LogP contribution in [0.3, 0.4) is 0 Å². The molecule has 0 radical (unpaired) electrons. The zero-order chi connectivity index (χ0) is 29.0. The van der Waals surface area contributed by atoms with Crippen LogP contribution >= 0.6 is 22.7 Å². The van der Waals surface area contributed by atoms with Crippen LogP contribution in [0.5, 0.6) is 5.75 Å². The lowest BCUT2D eigenvalue weighted by Gasteiger charge is -2.21. The maximum absolute atomic E-state index is 14.8. The molecule has 3 amide bonds. The van der Waals surface area contributed by atoms with E-state index in [1.165, 1.54) is 25.3 Å². The van der Waals surface area contributed by atoms with Crippen molar-refractivity contribution in [1.82, 2.24) is 15.3 Å². The number of aliphatic hydroxyl groups excluding tert-OH is 1. The summed E-state index contributed by atoms with van der Waals surface area (Å²) < 4.78 is 34.5. The summed E-state index contributed by atoms with van der Waals surface area (Å²) in [6.45, 7) is 3.74. The lowest BCUT2D eigenvalue weighted by atomic mass is 9.95. The smallest absolute Gasteiger partial charge is 0.321 e. The van der Waals surface area contributed by atoms with Crippen LogP contribution in [0.25, 0.3) is 21.1 Å². The Bertz CT molecular complexity index is 1560. The number of nitrogen functional groups attached to an aromatic ring is 1. The monoisotopic (exact) mass is 588 g/mol. The number of nitrogens with one attached hydrogen (secondary N) is 3. The summed E-state index contributed by atoms with van der Waals surface area (Å²) in [7, 11) is 1.46. The Balaban J connectivity index is 1.52. The van der Waals surface area contributed by atoms with Crippen molar-refractivity contribution in [3.63, 3.8) is 0 Å². The van der Waals surface area contributed by atoms with Gasteiger partial charge < -0.3 is 26.2 Å². The standard InChI is InChI=1S/C26H26F2N6O4S2/c1-26(2,12-35)11-30-24(37)34-25-33-21(29)20(40-25)23-32-19(10-39-23)15-8-18(17(28)9-16(15)27)31-22(36)13-5-4-6-14(7-13)38-3/h4-10,35H,11-12,29H2,1-3H3,(H,31,36)(H2,30,33,34,37). The van der Waals surface area contributed by atoms with Crippen molar-refractivity contribution in [2.45, 2.75) is 13.8 Å². The molecule has 0 fully saturated rings. The summed E-state index contributed by atoms with van der Waals surface area (Å²) >= 11 is 2.23. The first kappa shape index (κ1) is 28.9. The number of aromatic nitrogens is 2. The number of rotatable bonds is 9. The highest BCUT2D eigenvalue weighted by Gasteiger charge is 2.21. The van der Waals surface area contributed by atoms with E-state index >= 15 is 0 Å². The van der Waals surface area contributed by atoms with E-state index in [0.29, 0.717) is 21.7 Å². The first-order valence-corrected chi connectivity index (χ1v) is 13.5. The van der Waals surface area contributed by atoms with Crippen molar-refractivity contribution >= 4 is 51.2 Å². The van der Waals surface area contributed by atoms with Crippen molar-refractivity contribution in [3.05, 3.63) is 59.0 Å². The highest BCUT2D eigenvalue weighted by Crippen LogP contribution is 2.39. The van der Waals surface area contributed by atoms with Crippen molar-refractivity contribution in [2.75, 3.05) is 36.6 Å². The molecule has 4 rings (SSSR count). The number of urea groups is 1. The van der Waals surface area contributed by atoms with Gasteiger partial charge in [-0.05, 0) is 24.3 Å². The number of carbonyl (C=O) groups is 2. The van der Waals surface area contributed by atoms with E-state index in [9.17, 15) is 23.5 Å². The third kappa shape index (κ3) is 6.70. The number of anilines is 3. The summed E-state index contributed by atoms with van der Waals surface area (Å²) in [5.41, 5.74) is 5.73. The van der Waals surface area contributed by atoms with Crippen LogP contribution in [0, 0.1) is 17.0 Å². The summed E-state index contributed by atoms with van der Waals surface area (Å²) in [6, 6.07) is 7.64. The van der Waals surface area contributed by atoms with E-state index in [1.54, 1.807) is 31.4 Å². The predicted octanol–water partition coefficient (Wildman–Crippen LogP) is 5.19. The van der Waals surface area contributed by atoms with Crippen LogP contribution in [0.2, 0.25) is 0 Å². The fraction of sp³-hybridized carbons (Fsp3) is 0.231. The molecule has 0 aliphatic carbocycles. The number of amides is 3. The van der Waals surface area contributed by atoms with Gasteiger partial charge in [-0.1, -0.05) is 31.3 Å². The summed E-state index contributed by atoms with van der Waals surface area (Å²) in [5.74, 6) is -1.85. The summed E-state index contributed by atoms with van der Waals surface area (Å²) in [6.07, 6.45) is 0. The van der Waals surface area contributed by atoms with Gasteiger partial charge in [-0.3, -0.25) is 10.1 Å². The fourth-order valence-electron chi connectivity index (χ4n) is 3.36. The van der Waals surface area contributed by atoms with Gasteiger partial charge in [0.1, 0.15) is 33.1 Å². The minimum Gasteiger partial charge on any atom is -0.497 e. The van der Waals surface area contributed by atoms with E-state index < -0.39 is 29.0 Å². The lowest BCUT2D eigenvalue weighted by molar-refractivity contribution is 0.102. The van der Waals surface area contributed by atoms with Crippen molar-refractivity contribution in [3.8, 4) is 26.9 Å². The van der Waals surface area contributed by atoms with E-state index in [4.69, 9.17) is 10.5 Å². The maximum Gasteiger partial charge on any atom is 0.321 e. The second-order valence-electron chi connectivity index (χ2n) is 9.40. The molecule has 14 heteroatoms. The van der Waals surface area contributed by atoms with Crippen molar-refractivity contribution in [2.24, 2.45) is 5.41 Å². The number of halogens is 2. The Kier molecular flexibility index (Phi) is 8.61. The van der Waals surface area contributed by atoms with Crippen LogP contribution < -0.4 is 26.4 Å². The second kappa shape index (κ2) is 11.9. The average molecular weight is 589 g/mol. The molecule has 210 valence electrons. The highest BCUT2D eigenvalue weighted by molar-refractivity contribution is 7.23. The fourth-order valence-corrected chi connectivity index (χ4v) is 5.16. The van der Waals surface area contributed by atoms with Crippen LogP contribution in [-0.2, 0) is 0 Å². The molecule has 6 N–H and O–H groups in total. The summed E-state index contributed by atoms with van der Waals surface area (Å²) in [4.78, 5) is 33.9. The molecule has 0 spiro atoms. The van der Waals surface area contributed by atoms with E-state index in [-0.39, 0.29) is 46.6 Å². The normalized spacial score (nSPS) is 11.2. The highest BCUT2D eigenvalue weighted by atomic mass is 32.1. The summed E-state index contributed by atoms with van der Waals surface area (Å²) in [5, 5.41) is 19.2. The molecule has 0 aliphatic heterocycles. The van der Waals surface area contributed by atoms with Gasteiger partial charge >= 0.3 is 6.03 Å². The van der Waals surface area contributed by atoms with E-state index in [1.807, 2.05) is 0 Å². The van der Waals surface area contributed by atoms with Gasteiger partial charge in [0.2, 0.25) is 0 Å². The minimum atomic E-state index is -0.948. The maximum atomic E-state index is 14.8. The Morgan fingerprint density at radius 1 is 1.12 bits per heavy atom. The zero-order valence-electron chi connectivity index (χ0n) is 21.7. The third-order valence-electron chi connectivity index (χ3n) is 5.64. The molecule has 0 atom stereocenters. The molecule has 0 saturated carbocycles. The Morgan fingerprint density at radius 3 is 2.62 bits per heavy atom. The second-order valence-corrected chi connectivity index (χ2v) is 11.3. The molecule has 2 heterocycles. The first-order chi connectivity index (χ1) is 19.0. The van der Waals surface area contributed by atoms with Gasteiger partial charge in [-0.15, -0.1) is 11.3 Å². The molecule has 2 aromatic carbocycles. The van der Waals surface area contributed by atoms with Gasteiger partial charge in [0.15, 0.2) is 5.13 Å². The average Bonchev–Trinajstić information content (AvgIpc) is 3.55. The van der Waals surface area contributed by atoms with Crippen LogP contribution in [-0.4, -0.2) is 47.3 Å². The van der Waals surface area contributed by atoms with Gasteiger partial charge in [0, 0.05) is 41.1 Å². The molecular formula is C26H26F2N6O4S2. The topological polar surface area (TPSA) is 151 Å². The molecule has 4 aromatic rings. The predicted molar refractivity (Wildman–Crippen MR) is 152 cm³/mol. The molecule has 2 aromatic heterocycles. The zero-order valence-corrected chi connectivity index (χ0v) is 23.3. The van der Waals surface area contributed by atoms with Crippen LogP contribution in [0.4, 0.5) is 30.2 Å². The number of benzene rings is 2. The SMILES string of the molecule is COc1cccc(C(=O)Nc2cc(-c3csc(-c4sc(NC(=O)NCC(C)(C)CO)nc4N)n3)c(F)cc2F)c1. The van der Waals surface area contributed by atoms with E-state index in [2.05, 4.69) is 25.9 Å². The molecular weight excluding hydrogens is 562 g/mol. The first-order valence-electron chi connectivity index (χ1n) is 11.8. The minimum absolute atomic E-state index is 0.0304. The Labute approximate surface area is 236 Å². The molecule has 40 heavy (non-hydrogen) atoms. The van der Waals surface area contributed by atoms with Gasteiger partial charge in [-0.2, -0.15) is 0 Å². The Morgan fingerprint density at radius 2 is 1.90 bits per heavy atom. The van der Waals surface area contributed by atoms with Crippen LogP contribution in [0.15, 0.2) is 41.8 Å². The lowest BCUT2D eigenvalue weighted by Crippen LogP contribution is -2.38. The van der Waals surface area contributed by atoms with E-state index in [0.717, 1.165) is 22.7 Å². The number of aliphatic hydroxyl groups is 1. The number of hydrogen-bond acceptors (Lipinski definition) is 9. The number of nitrogens with two attached hydrogens (primary N) is 1. The number of thiazole rings is 2. The molecule has 0 aliphatic rings. The number of nitrogens with zero attached hydrogens (tertiary/aromatic N) is 2. The Hall–Kier alpha value is -4.14. The third-order valence-corrected chi connectivity index (χ3v) is 7.62. The van der Waals surface area contributed by atoms with Crippen molar-refractivity contribution in [1.29, 1.82) is 0 Å². The molecule has 0 bridgehead atoms. The number of ether oxygens (including phenoxy) is 1. The number of carbonyl (C=O) groups excluding carboxylic acids is 2. The molecule has 10 nitrogen and oxygen atoms in total. The molecule has 0 unspecified atom stereocenters. The largest absolute Gasteiger partial charge is 0.497 e. The van der Waals surface area contributed by atoms with Crippen LogP contribution in [0.1, 0.15) is 24.2 Å². The van der Waals surface area contributed by atoms with Gasteiger partial charge in [0.25, 0.3) is 5.91 Å².